The van der Waals surface area contributed by atoms with Gasteiger partial charge in [-0.1, -0.05) is 79.5 Å². The summed E-state index contributed by atoms with van der Waals surface area (Å²) in [7, 11) is 1.62. The number of amides is 2. The molecule has 0 fully saturated rings. The number of furan rings is 1. The third kappa shape index (κ3) is 6.30. The van der Waals surface area contributed by atoms with Crippen molar-refractivity contribution in [1.82, 2.24) is 10.6 Å². The molecule has 2 amide bonds. The van der Waals surface area contributed by atoms with Crippen molar-refractivity contribution in [2.75, 3.05) is 25.5 Å². The molecule has 7 heteroatoms. The fourth-order valence-electron chi connectivity index (χ4n) is 5.21. The normalized spacial score (nSPS) is 11.4. The monoisotopic (exact) mass is 593 g/mol. The lowest BCUT2D eigenvalue weighted by Crippen LogP contribution is -2.36. The number of rotatable bonds is 9. The zero-order valence-electron chi connectivity index (χ0n) is 25.1. The van der Waals surface area contributed by atoms with Crippen molar-refractivity contribution in [2.45, 2.75) is 33.1 Å². The van der Waals surface area contributed by atoms with E-state index in [1.54, 1.807) is 7.05 Å². The number of nitrogens with one attached hydrogen (secondary N) is 3. The van der Waals surface area contributed by atoms with E-state index in [0.29, 0.717) is 46.0 Å². The Bertz CT molecular complexity index is 1790. The number of hydrogen-bond donors (Lipinski definition) is 3. The van der Waals surface area contributed by atoms with E-state index in [2.05, 4.69) is 29.8 Å². The number of carbonyl (C=O) groups is 2. The molecule has 0 spiro atoms. The van der Waals surface area contributed by atoms with E-state index in [1.165, 1.54) is 0 Å². The van der Waals surface area contributed by atoms with E-state index in [-0.39, 0.29) is 17.2 Å². The van der Waals surface area contributed by atoms with Gasteiger partial charge in [0.15, 0.2) is 0 Å². The summed E-state index contributed by atoms with van der Waals surface area (Å²) < 4.78 is 6.32. The Morgan fingerprint density at radius 3 is 2.28 bits per heavy atom. The fourth-order valence-corrected chi connectivity index (χ4v) is 5.34. The molecule has 3 N–H and O–H groups in total. The van der Waals surface area contributed by atoms with Crippen LogP contribution in [-0.4, -0.2) is 32.0 Å². The lowest BCUT2D eigenvalue weighted by molar-refractivity contribution is 0.0943. The van der Waals surface area contributed by atoms with Gasteiger partial charge in [-0.2, -0.15) is 0 Å². The molecule has 1 aromatic heterocycles. The second-order valence-electron chi connectivity index (χ2n) is 11.3. The third-order valence-corrected chi connectivity index (χ3v) is 7.97. The van der Waals surface area contributed by atoms with Gasteiger partial charge in [-0.3, -0.25) is 9.59 Å². The summed E-state index contributed by atoms with van der Waals surface area (Å²) in [6, 6.07) is 27.1. The minimum Gasteiger partial charge on any atom is -0.455 e. The Labute approximate surface area is 257 Å². The van der Waals surface area contributed by atoms with Crippen LogP contribution in [0, 0.1) is 6.92 Å². The van der Waals surface area contributed by atoms with Gasteiger partial charge in [-0.25, -0.2) is 0 Å². The second kappa shape index (κ2) is 12.4. The lowest BCUT2D eigenvalue weighted by atomic mass is 9.84. The molecular weight excluding hydrogens is 558 g/mol. The van der Waals surface area contributed by atoms with E-state index in [0.717, 1.165) is 33.5 Å². The van der Waals surface area contributed by atoms with Gasteiger partial charge >= 0.3 is 0 Å². The smallest absolute Gasteiger partial charge is 0.255 e. The predicted octanol–water partition coefficient (Wildman–Crippen LogP) is 8.23. The Morgan fingerprint density at radius 2 is 1.60 bits per heavy atom. The number of benzene rings is 4. The molecule has 0 saturated heterocycles. The van der Waals surface area contributed by atoms with Crippen molar-refractivity contribution in [1.29, 1.82) is 0 Å². The number of aryl methyl sites for hydroxylation is 1. The van der Waals surface area contributed by atoms with Gasteiger partial charge in [-0.05, 0) is 55.3 Å². The first kappa shape index (κ1) is 29.9. The van der Waals surface area contributed by atoms with Crippen LogP contribution in [0.15, 0.2) is 89.3 Å². The van der Waals surface area contributed by atoms with E-state index in [1.807, 2.05) is 98.8 Å². The summed E-state index contributed by atoms with van der Waals surface area (Å²) in [6.45, 7) is 9.36. The summed E-state index contributed by atoms with van der Waals surface area (Å²) >= 11 is 6.06. The van der Waals surface area contributed by atoms with Gasteiger partial charge in [0.05, 0.1) is 5.56 Å². The van der Waals surface area contributed by atoms with Gasteiger partial charge < -0.3 is 20.4 Å². The molecule has 4 aromatic carbocycles. The van der Waals surface area contributed by atoms with E-state index in [9.17, 15) is 9.59 Å². The van der Waals surface area contributed by atoms with Crippen LogP contribution in [0.5, 0.6) is 0 Å². The van der Waals surface area contributed by atoms with Crippen molar-refractivity contribution in [3.63, 3.8) is 0 Å². The summed E-state index contributed by atoms with van der Waals surface area (Å²) in [5.41, 5.74) is 6.95. The highest BCUT2D eigenvalue weighted by Gasteiger charge is 2.24. The third-order valence-electron chi connectivity index (χ3n) is 7.72. The van der Waals surface area contributed by atoms with Crippen LogP contribution >= 0.6 is 11.6 Å². The van der Waals surface area contributed by atoms with Crippen LogP contribution in [-0.2, 0) is 5.41 Å². The largest absolute Gasteiger partial charge is 0.455 e. The first-order chi connectivity index (χ1) is 20.6. The van der Waals surface area contributed by atoms with Crippen molar-refractivity contribution in [3.8, 4) is 22.5 Å². The Hall–Kier alpha value is -4.55. The maximum absolute atomic E-state index is 13.3. The minimum atomic E-state index is -0.284. The Kier molecular flexibility index (Phi) is 8.60. The predicted molar refractivity (Wildman–Crippen MR) is 176 cm³/mol. The molecule has 0 atom stereocenters. The van der Waals surface area contributed by atoms with E-state index >= 15 is 0 Å². The van der Waals surface area contributed by atoms with Gasteiger partial charge in [0.25, 0.3) is 11.8 Å². The van der Waals surface area contributed by atoms with Crippen molar-refractivity contribution < 1.29 is 14.0 Å². The van der Waals surface area contributed by atoms with Crippen LogP contribution in [0.3, 0.4) is 0 Å². The number of anilines is 1. The molecule has 220 valence electrons. The average Bonchev–Trinajstić information content (AvgIpc) is 3.38. The Balaban J connectivity index is 1.52. The molecule has 0 bridgehead atoms. The zero-order chi connectivity index (χ0) is 30.7. The molecule has 0 radical (unpaired) electrons. The molecule has 0 saturated carbocycles. The quantitative estimate of drug-likeness (QED) is 0.161. The lowest BCUT2D eigenvalue weighted by Gasteiger charge is -2.26. The molecule has 6 nitrogen and oxygen atoms in total. The molecular formula is C36H36ClN3O3. The SMILES string of the molecule is CCNc1cc2oc(-c3ccc(C)cc3)c(C(=O)NC)c2cc1-c1cccc(C(=O)NCC(C)(C)c2ccc(Cl)cc2)c1. The molecule has 0 aliphatic rings. The topological polar surface area (TPSA) is 83.4 Å². The van der Waals surface area contributed by atoms with Crippen molar-refractivity contribution in [2.24, 2.45) is 0 Å². The standard InChI is InChI=1S/C36H36ClN3O3/c1-6-39-30-20-31-29(32(35(42)38-5)33(43-31)23-12-10-22(2)11-13-23)19-28(30)24-8-7-9-25(18-24)34(41)40-21-36(3,4)26-14-16-27(37)17-15-26/h7-20,39H,6,21H2,1-5H3,(H,38,42)(H,40,41). The van der Waals surface area contributed by atoms with Crippen molar-refractivity contribution >= 4 is 40.1 Å². The van der Waals surface area contributed by atoms with Crippen LogP contribution in [0.4, 0.5) is 5.69 Å². The van der Waals surface area contributed by atoms with E-state index in [4.69, 9.17) is 16.0 Å². The van der Waals surface area contributed by atoms with Crippen LogP contribution in [0.25, 0.3) is 33.4 Å². The van der Waals surface area contributed by atoms with E-state index < -0.39 is 0 Å². The summed E-state index contributed by atoms with van der Waals surface area (Å²) in [5.74, 6) is 0.129. The number of fused-ring (bicyclic) bond motifs is 1. The maximum Gasteiger partial charge on any atom is 0.255 e. The molecule has 5 rings (SSSR count). The van der Waals surface area contributed by atoms with Crippen LogP contribution < -0.4 is 16.0 Å². The van der Waals surface area contributed by atoms with Crippen molar-refractivity contribution in [3.05, 3.63) is 112 Å². The van der Waals surface area contributed by atoms with Gasteiger partial charge in [0.2, 0.25) is 0 Å². The highest BCUT2D eigenvalue weighted by Crippen LogP contribution is 2.40. The highest BCUT2D eigenvalue weighted by molar-refractivity contribution is 6.30. The summed E-state index contributed by atoms with van der Waals surface area (Å²) in [6.07, 6.45) is 0. The summed E-state index contributed by atoms with van der Waals surface area (Å²) in [5, 5.41) is 10.7. The van der Waals surface area contributed by atoms with Gasteiger partial charge in [0, 0.05) is 64.4 Å². The number of hydrogen-bond acceptors (Lipinski definition) is 4. The second-order valence-corrected chi connectivity index (χ2v) is 11.8. The molecule has 1 heterocycles. The summed E-state index contributed by atoms with van der Waals surface area (Å²) in [4.78, 5) is 26.5. The van der Waals surface area contributed by atoms with Gasteiger partial charge in [-0.15, -0.1) is 0 Å². The molecule has 0 aliphatic heterocycles. The molecule has 43 heavy (non-hydrogen) atoms. The fraction of sp³-hybridized carbons (Fsp3) is 0.222. The minimum absolute atomic E-state index is 0.161. The number of halogens is 1. The van der Waals surface area contributed by atoms with Crippen LogP contribution in [0.2, 0.25) is 5.02 Å². The molecule has 0 aliphatic carbocycles. The zero-order valence-corrected chi connectivity index (χ0v) is 25.9. The maximum atomic E-state index is 13.3. The highest BCUT2D eigenvalue weighted by atomic mass is 35.5. The average molecular weight is 594 g/mol. The Morgan fingerprint density at radius 1 is 0.884 bits per heavy atom. The molecule has 5 aromatic rings. The van der Waals surface area contributed by atoms with Crippen LogP contribution in [0.1, 0.15) is 52.6 Å². The first-order valence-corrected chi connectivity index (χ1v) is 14.8. The molecule has 0 unspecified atom stereocenters. The van der Waals surface area contributed by atoms with Gasteiger partial charge in [0.1, 0.15) is 11.3 Å². The number of carbonyl (C=O) groups excluding carboxylic acids is 2. The first-order valence-electron chi connectivity index (χ1n) is 14.4.